The Balaban J connectivity index is 1.67. The van der Waals surface area contributed by atoms with Gasteiger partial charge in [-0.05, 0) is 36.8 Å². The van der Waals surface area contributed by atoms with Gasteiger partial charge in [-0.3, -0.25) is 9.78 Å². The maximum atomic E-state index is 12.1. The second kappa shape index (κ2) is 4.11. The molecule has 1 aliphatic carbocycles. The fourth-order valence-electron chi connectivity index (χ4n) is 2.70. The first kappa shape index (κ1) is 10.7. The van der Waals surface area contributed by atoms with Crippen molar-refractivity contribution in [2.75, 3.05) is 18.5 Å². The SMILES string of the molecule is Cc1ccncc1NC(=O)C1C2CCOCC21. The van der Waals surface area contributed by atoms with Gasteiger partial charge in [0, 0.05) is 18.7 Å². The number of nitrogens with one attached hydrogen (secondary N) is 1. The van der Waals surface area contributed by atoms with Crippen molar-refractivity contribution in [2.24, 2.45) is 17.8 Å². The van der Waals surface area contributed by atoms with Crippen LogP contribution < -0.4 is 5.32 Å². The minimum absolute atomic E-state index is 0.126. The molecule has 4 nitrogen and oxygen atoms in total. The fraction of sp³-hybridized carbons (Fsp3) is 0.538. The van der Waals surface area contributed by atoms with E-state index in [4.69, 9.17) is 4.74 Å². The molecule has 0 bridgehead atoms. The molecule has 0 spiro atoms. The number of ether oxygens (including phenoxy) is 1. The zero-order valence-electron chi connectivity index (χ0n) is 9.85. The molecule has 1 amide bonds. The van der Waals surface area contributed by atoms with Gasteiger partial charge in [-0.1, -0.05) is 0 Å². The fourth-order valence-corrected chi connectivity index (χ4v) is 2.70. The second-order valence-corrected chi connectivity index (χ2v) is 4.90. The lowest BCUT2D eigenvalue weighted by Gasteiger charge is -2.07. The lowest BCUT2D eigenvalue weighted by atomic mass is 10.2. The predicted octanol–water partition coefficient (Wildman–Crippen LogP) is 1.61. The van der Waals surface area contributed by atoms with Gasteiger partial charge in [-0.15, -0.1) is 0 Å². The Kier molecular flexibility index (Phi) is 2.59. The van der Waals surface area contributed by atoms with Crippen LogP contribution in [0.2, 0.25) is 0 Å². The Morgan fingerprint density at radius 3 is 3.12 bits per heavy atom. The first-order valence-electron chi connectivity index (χ1n) is 6.06. The number of anilines is 1. The average Bonchev–Trinajstić information content (AvgIpc) is 3.06. The Morgan fingerprint density at radius 2 is 2.41 bits per heavy atom. The van der Waals surface area contributed by atoms with E-state index in [9.17, 15) is 4.79 Å². The molecular weight excluding hydrogens is 216 g/mol. The summed E-state index contributed by atoms with van der Waals surface area (Å²) in [5.74, 6) is 1.26. The van der Waals surface area contributed by atoms with Crippen molar-refractivity contribution in [2.45, 2.75) is 13.3 Å². The highest BCUT2D eigenvalue weighted by Gasteiger charge is 2.55. The number of carbonyl (C=O) groups is 1. The van der Waals surface area contributed by atoms with Crippen LogP contribution in [0, 0.1) is 24.7 Å². The molecule has 90 valence electrons. The molecule has 2 aliphatic rings. The molecule has 0 aromatic carbocycles. The van der Waals surface area contributed by atoms with E-state index < -0.39 is 0 Å². The number of rotatable bonds is 2. The third kappa shape index (κ3) is 1.93. The van der Waals surface area contributed by atoms with Crippen LogP contribution in [0.25, 0.3) is 0 Å². The van der Waals surface area contributed by atoms with Gasteiger partial charge in [0.2, 0.25) is 5.91 Å². The van der Waals surface area contributed by atoms with E-state index in [1.807, 2.05) is 13.0 Å². The van der Waals surface area contributed by atoms with Crippen LogP contribution >= 0.6 is 0 Å². The highest BCUT2D eigenvalue weighted by Crippen LogP contribution is 2.51. The molecule has 4 heteroatoms. The van der Waals surface area contributed by atoms with Gasteiger partial charge in [-0.2, -0.15) is 0 Å². The van der Waals surface area contributed by atoms with Crippen LogP contribution in [-0.4, -0.2) is 24.1 Å². The molecule has 3 unspecified atom stereocenters. The Bertz CT molecular complexity index is 435. The van der Waals surface area contributed by atoms with E-state index in [-0.39, 0.29) is 11.8 Å². The number of carbonyl (C=O) groups excluding carboxylic acids is 1. The number of amides is 1. The summed E-state index contributed by atoms with van der Waals surface area (Å²) in [7, 11) is 0. The predicted molar refractivity (Wildman–Crippen MR) is 63.5 cm³/mol. The second-order valence-electron chi connectivity index (χ2n) is 4.90. The topological polar surface area (TPSA) is 51.2 Å². The molecule has 1 saturated carbocycles. The van der Waals surface area contributed by atoms with E-state index in [1.165, 1.54) is 0 Å². The lowest BCUT2D eigenvalue weighted by molar-refractivity contribution is -0.117. The smallest absolute Gasteiger partial charge is 0.228 e. The summed E-state index contributed by atoms with van der Waals surface area (Å²) in [6.07, 6.45) is 4.46. The van der Waals surface area contributed by atoms with Gasteiger partial charge in [-0.25, -0.2) is 0 Å². The third-order valence-corrected chi connectivity index (χ3v) is 3.84. The van der Waals surface area contributed by atoms with E-state index in [2.05, 4.69) is 10.3 Å². The van der Waals surface area contributed by atoms with Crippen molar-refractivity contribution < 1.29 is 9.53 Å². The van der Waals surface area contributed by atoms with Crippen molar-refractivity contribution >= 4 is 11.6 Å². The first-order chi connectivity index (χ1) is 8.27. The van der Waals surface area contributed by atoms with Gasteiger partial charge in [0.25, 0.3) is 0 Å². The maximum absolute atomic E-state index is 12.1. The molecule has 17 heavy (non-hydrogen) atoms. The van der Waals surface area contributed by atoms with Gasteiger partial charge >= 0.3 is 0 Å². The maximum Gasteiger partial charge on any atom is 0.228 e. The quantitative estimate of drug-likeness (QED) is 0.842. The van der Waals surface area contributed by atoms with E-state index in [1.54, 1.807) is 12.4 Å². The Hall–Kier alpha value is -1.42. The molecule has 1 saturated heterocycles. The normalized spacial score (nSPS) is 30.5. The average molecular weight is 232 g/mol. The van der Waals surface area contributed by atoms with E-state index in [0.717, 1.165) is 30.9 Å². The van der Waals surface area contributed by atoms with Gasteiger partial charge in [0.15, 0.2) is 0 Å². The van der Waals surface area contributed by atoms with Crippen LogP contribution in [-0.2, 0) is 9.53 Å². The third-order valence-electron chi connectivity index (χ3n) is 3.84. The highest BCUT2D eigenvalue weighted by molar-refractivity contribution is 5.95. The van der Waals surface area contributed by atoms with Gasteiger partial charge < -0.3 is 10.1 Å². The van der Waals surface area contributed by atoms with Crippen molar-refractivity contribution in [1.82, 2.24) is 4.98 Å². The summed E-state index contributed by atoms with van der Waals surface area (Å²) in [6, 6.07) is 1.90. The number of aryl methyl sites for hydroxylation is 1. The number of fused-ring (bicyclic) bond motifs is 1. The van der Waals surface area contributed by atoms with Crippen LogP contribution in [0.4, 0.5) is 5.69 Å². The number of nitrogens with zero attached hydrogens (tertiary/aromatic N) is 1. The van der Waals surface area contributed by atoms with Gasteiger partial charge in [0.1, 0.15) is 0 Å². The minimum Gasteiger partial charge on any atom is -0.381 e. The van der Waals surface area contributed by atoms with Gasteiger partial charge in [0.05, 0.1) is 18.5 Å². The summed E-state index contributed by atoms with van der Waals surface area (Å²) in [5, 5.41) is 2.97. The molecule has 1 N–H and O–H groups in total. The minimum atomic E-state index is 0.126. The van der Waals surface area contributed by atoms with Crippen molar-refractivity contribution in [3.63, 3.8) is 0 Å². The number of hydrogen-bond donors (Lipinski definition) is 1. The number of aromatic nitrogens is 1. The van der Waals surface area contributed by atoms with Crippen LogP contribution in [0.5, 0.6) is 0 Å². The summed E-state index contributed by atoms with van der Waals surface area (Å²) in [5.41, 5.74) is 1.87. The first-order valence-corrected chi connectivity index (χ1v) is 6.06. The molecule has 3 atom stereocenters. The molecule has 1 aliphatic heterocycles. The molecule has 2 fully saturated rings. The monoisotopic (exact) mass is 232 g/mol. The van der Waals surface area contributed by atoms with Crippen LogP contribution in [0.3, 0.4) is 0 Å². The van der Waals surface area contributed by atoms with E-state index in [0.29, 0.717) is 11.8 Å². The molecule has 3 rings (SSSR count). The number of hydrogen-bond acceptors (Lipinski definition) is 3. The van der Waals surface area contributed by atoms with Crippen molar-refractivity contribution in [1.29, 1.82) is 0 Å². The summed E-state index contributed by atoms with van der Waals surface area (Å²) in [6.45, 7) is 3.52. The standard InChI is InChI=1S/C13H16N2O2/c1-8-2-4-14-6-11(8)15-13(16)12-9-3-5-17-7-10(9)12/h2,4,6,9-10,12H,3,5,7H2,1H3,(H,15,16). The number of pyridine rings is 1. The lowest BCUT2D eigenvalue weighted by Crippen LogP contribution is -2.16. The molecule has 0 radical (unpaired) electrons. The van der Waals surface area contributed by atoms with Crippen molar-refractivity contribution in [3.05, 3.63) is 24.0 Å². The Labute approximate surface area is 100 Å². The summed E-state index contributed by atoms with van der Waals surface area (Å²) in [4.78, 5) is 16.1. The zero-order valence-corrected chi connectivity index (χ0v) is 9.85. The Morgan fingerprint density at radius 1 is 1.53 bits per heavy atom. The molecule has 2 heterocycles. The van der Waals surface area contributed by atoms with Crippen LogP contribution in [0.1, 0.15) is 12.0 Å². The molecular formula is C13H16N2O2. The largest absolute Gasteiger partial charge is 0.381 e. The summed E-state index contributed by atoms with van der Waals surface area (Å²) < 4.78 is 5.39. The zero-order chi connectivity index (χ0) is 11.8. The van der Waals surface area contributed by atoms with Crippen molar-refractivity contribution in [3.8, 4) is 0 Å². The summed E-state index contributed by atoms with van der Waals surface area (Å²) >= 11 is 0. The molecule has 1 aromatic rings. The van der Waals surface area contributed by atoms with Crippen LogP contribution in [0.15, 0.2) is 18.5 Å². The molecule has 1 aromatic heterocycles. The highest BCUT2D eigenvalue weighted by atomic mass is 16.5. The van der Waals surface area contributed by atoms with E-state index >= 15 is 0 Å².